The summed E-state index contributed by atoms with van der Waals surface area (Å²) in [6.45, 7) is 0. The highest BCUT2D eigenvalue weighted by Gasteiger charge is 2.95. The van der Waals surface area contributed by atoms with E-state index in [0.29, 0.717) is 0 Å². The van der Waals surface area contributed by atoms with E-state index < -0.39 is 66.9 Å². The molecule has 0 amide bonds. The molecular formula is C17H13F17NOS+. The summed E-state index contributed by atoms with van der Waals surface area (Å²) in [6.07, 6.45) is -9.09. The third-order valence-corrected chi connectivity index (χ3v) is 5.34. The molecule has 1 heterocycles. The van der Waals surface area contributed by atoms with Crippen LogP contribution in [0.4, 0.5) is 74.6 Å². The van der Waals surface area contributed by atoms with Gasteiger partial charge in [0.05, 0.1) is 0 Å². The quantitative estimate of drug-likeness (QED) is 0.158. The van der Waals surface area contributed by atoms with Crippen LogP contribution in [0.25, 0.3) is 0 Å². The van der Waals surface area contributed by atoms with Crippen molar-refractivity contribution in [2.45, 2.75) is 73.3 Å². The van der Waals surface area contributed by atoms with Gasteiger partial charge in [0, 0.05) is 12.5 Å². The smallest absolute Gasteiger partial charge is 0.208 e. The second-order valence-corrected chi connectivity index (χ2v) is 8.10. The molecular weight excluding hydrogens is 589 g/mol. The summed E-state index contributed by atoms with van der Waals surface area (Å²) >= 11 is 4.66. The minimum Gasteiger partial charge on any atom is -0.208 e. The van der Waals surface area contributed by atoms with Gasteiger partial charge in [0.25, 0.3) is 0 Å². The van der Waals surface area contributed by atoms with Crippen molar-refractivity contribution < 1.29 is 84.9 Å². The van der Waals surface area contributed by atoms with Crippen LogP contribution >= 0.6 is 12.2 Å². The lowest BCUT2D eigenvalue weighted by Gasteiger charge is -2.42. The minimum absolute atomic E-state index is 0.148. The summed E-state index contributed by atoms with van der Waals surface area (Å²) in [5.41, 5.74) is 0.183. The first kappa shape index (κ1) is 33.3. The van der Waals surface area contributed by atoms with Crippen LogP contribution in [-0.2, 0) is 0 Å². The van der Waals surface area contributed by atoms with Gasteiger partial charge in [-0.1, -0.05) is 0 Å². The van der Waals surface area contributed by atoms with E-state index in [9.17, 15) is 79.8 Å². The molecule has 0 fully saturated rings. The Bertz CT molecular complexity index is 921. The summed E-state index contributed by atoms with van der Waals surface area (Å²) in [4.78, 5) is -0.148. The summed E-state index contributed by atoms with van der Waals surface area (Å²) in [5.74, 6) is -56.2. The van der Waals surface area contributed by atoms with Gasteiger partial charge >= 0.3 is 47.6 Å². The third-order valence-electron chi connectivity index (χ3n) is 5.02. The molecule has 1 atom stereocenters. The Morgan fingerprint density at radius 2 is 1.03 bits per heavy atom. The molecule has 0 spiro atoms. The van der Waals surface area contributed by atoms with Crippen LogP contribution in [0.3, 0.4) is 0 Å². The van der Waals surface area contributed by atoms with E-state index in [2.05, 4.69) is 12.2 Å². The minimum atomic E-state index is -8.62. The zero-order chi connectivity index (χ0) is 29.7. The lowest BCUT2D eigenvalue weighted by molar-refractivity contribution is -0.964. The number of rotatable bonds is 11. The van der Waals surface area contributed by atoms with Gasteiger partial charge in [0.2, 0.25) is 4.99 Å². The molecule has 1 unspecified atom stereocenters. The standard InChI is InChI=1S/C17H12F17NOS/c18-10(19,5-2-1-3-8-4-6-35(36)9(37)7-8)11(20,21)12(22,23)13(24,25)14(26,27)15(28,29)16(30,31)17(32,33)34/h4,6-7,36H,1-3,5H2/p+1. The van der Waals surface area contributed by atoms with Gasteiger partial charge < -0.3 is 0 Å². The first-order valence-electron chi connectivity index (χ1n) is 9.34. The average Bonchev–Trinajstić information content (AvgIpc) is 2.72. The number of hydrogen-bond acceptors (Lipinski definition) is 2. The summed E-state index contributed by atoms with van der Waals surface area (Å²) in [6, 6.07) is 0. The van der Waals surface area contributed by atoms with E-state index >= 15 is 0 Å². The SMILES string of the molecule is O[NH+]1C=CC(CCCCC(F)(F)C(F)(F)C(F)(F)C(F)(F)C(F)(F)C(F)(F)C(F)(F)C(F)(F)F)=CC1=S. The van der Waals surface area contributed by atoms with Crippen molar-refractivity contribution in [3.63, 3.8) is 0 Å². The molecule has 0 bridgehead atoms. The maximum absolute atomic E-state index is 13.8. The summed E-state index contributed by atoms with van der Waals surface area (Å²) < 4.78 is 224. The first-order valence-corrected chi connectivity index (χ1v) is 9.74. The van der Waals surface area contributed by atoms with Crippen molar-refractivity contribution >= 4 is 17.2 Å². The van der Waals surface area contributed by atoms with E-state index in [1.807, 2.05) is 0 Å². The molecule has 0 saturated heterocycles. The predicted molar refractivity (Wildman–Crippen MR) is 91.7 cm³/mol. The van der Waals surface area contributed by atoms with Crippen LogP contribution in [0.2, 0.25) is 0 Å². The molecule has 0 aromatic carbocycles. The first-order chi connectivity index (χ1) is 16.1. The van der Waals surface area contributed by atoms with Gasteiger partial charge in [-0.3, -0.25) is 0 Å². The fourth-order valence-electron chi connectivity index (χ4n) is 2.74. The van der Waals surface area contributed by atoms with Crippen molar-refractivity contribution in [2.24, 2.45) is 0 Å². The molecule has 216 valence electrons. The predicted octanol–water partition coefficient (Wildman–Crippen LogP) is 6.61. The van der Waals surface area contributed by atoms with Crippen molar-refractivity contribution in [2.75, 3.05) is 0 Å². The van der Waals surface area contributed by atoms with E-state index in [-0.39, 0.29) is 22.0 Å². The maximum Gasteiger partial charge on any atom is 0.460 e. The Balaban J connectivity index is 3.20. The Morgan fingerprint density at radius 1 is 0.622 bits per heavy atom. The molecule has 20 heteroatoms. The zero-order valence-electron chi connectivity index (χ0n) is 17.3. The molecule has 2 nitrogen and oxygen atoms in total. The lowest BCUT2D eigenvalue weighted by Crippen LogP contribution is -3.07. The van der Waals surface area contributed by atoms with Gasteiger partial charge in [-0.05, 0) is 43.1 Å². The molecule has 1 aliphatic heterocycles. The lowest BCUT2D eigenvalue weighted by atomic mass is 9.87. The zero-order valence-corrected chi connectivity index (χ0v) is 18.2. The average molecular weight is 602 g/mol. The second kappa shape index (κ2) is 9.80. The highest BCUT2D eigenvalue weighted by Crippen LogP contribution is 2.64. The Morgan fingerprint density at radius 3 is 1.43 bits per heavy atom. The molecule has 0 aromatic heterocycles. The largest absolute Gasteiger partial charge is 0.460 e. The highest BCUT2D eigenvalue weighted by atomic mass is 32.1. The topological polar surface area (TPSA) is 24.7 Å². The van der Waals surface area contributed by atoms with Gasteiger partial charge in [0.1, 0.15) is 6.20 Å². The van der Waals surface area contributed by atoms with Crippen molar-refractivity contribution in [3.8, 4) is 0 Å². The molecule has 1 rings (SSSR count). The van der Waals surface area contributed by atoms with Crippen molar-refractivity contribution in [1.82, 2.24) is 0 Å². The van der Waals surface area contributed by atoms with Crippen LogP contribution in [0.15, 0.2) is 23.9 Å². The van der Waals surface area contributed by atoms with Crippen molar-refractivity contribution in [1.29, 1.82) is 0 Å². The van der Waals surface area contributed by atoms with Gasteiger partial charge in [-0.25, -0.2) is 5.21 Å². The molecule has 2 N–H and O–H groups in total. The number of nitrogens with one attached hydrogen (secondary N) is 1. The van der Waals surface area contributed by atoms with Gasteiger partial charge in [-0.15, -0.1) is 5.06 Å². The second-order valence-electron chi connectivity index (χ2n) is 7.66. The molecule has 0 aliphatic carbocycles. The van der Waals surface area contributed by atoms with E-state index in [1.54, 1.807) is 0 Å². The van der Waals surface area contributed by atoms with Crippen LogP contribution in [-0.4, -0.2) is 57.8 Å². The number of quaternary nitrogens is 1. The van der Waals surface area contributed by atoms with E-state index in [0.717, 1.165) is 18.4 Å². The maximum atomic E-state index is 13.8. The number of alkyl halides is 17. The van der Waals surface area contributed by atoms with Crippen LogP contribution < -0.4 is 5.06 Å². The molecule has 1 aliphatic rings. The number of hydrogen-bond donors (Lipinski definition) is 2. The normalized spacial score (nSPS) is 19.4. The summed E-state index contributed by atoms with van der Waals surface area (Å²) in [5, 5.41) is 8.84. The molecule has 0 radical (unpaired) electrons. The molecule has 37 heavy (non-hydrogen) atoms. The molecule has 0 saturated carbocycles. The summed E-state index contributed by atoms with van der Waals surface area (Å²) in [7, 11) is 0. The third kappa shape index (κ3) is 5.28. The number of hydroxylamine groups is 2. The Kier molecular flexibility index (Phi) is 8.83. The number of thiocarbonyl (C=S) groups is 1. The van der Waals surface area contributed by atoms with Gasteiger partial charge in [-0.2, -0.15) is 74.6 Å². The van der Waals surface area contributed by atoms with Gasteiger partial charge in [0.15, 0.2) is 0 Å². The van der Waals surface area contributed by atoms with Crippen LogP contribution in [0, 0.1) is 0 Å². The van der Waals surface area contributed by atoms with Crippen LogP contribution in [0.1, 0.15) is 25.7 Å². The highest BCUT2D eigenvalue weighted by molar-refractivity contribution is 7.80. The van der Waals surface area contributed by atoms with Crippen molar-refractivity contribution in [3.05, 3.63) is 23.9 Å². The Hall–Kier alpha value is -1.70. The Labute approximate surface area is 200 Å². The van der Waals surface area contributed by atoms with E-state index in [4.69, 9.17) is 0 Å². The monoisotopic (exact) mass is 602 g/mol. The number of allylic oxidation sites excluding steroid dienone is 2. The number of unbranched alkanes of at least 4 members (excludes halogenated alkanes) is 1. The van der Waals surface area contributed by atoms with Crippen LogP contribution in [0.5, 0.6) is 0 Å². The number of halogens is 17. The fraction of sp³-hybridized carbons (Fsp3) is 0.706. The fourth-order valence-corrected chi connectivity index (χ4v) is 2.96. The molecule has 0 aromatic rings. The van der Waals surface area contributed by atoms with E-state index in [1.165, 1.54) is 0 Å².